The molecule has 1 atom stereocenters. The number of carbonyl (C=O) groups excluding carboxylic acids is 1. The highest BCUT2D eigenvalue weighted by Gasteiger charge is 2.25. The van der Waals surface area contributed by atoms with Gasteiger partial charge in [-0.1, -0.05) is 15.9 Å². The second-order valence-electron chi connectivity index (χ2n) is 3.60. The van der Waals surface area contributed by atoms with E-state index in [1.807, 2.05) is 0 Å². The van der Waals surface area contributed by atoms with E-state index < -0.39 is 28.5 Å². The summed E-state index contributed by atoms with van der Waals surface area (Å²) in [5.41, 5.74) is -0.420. The number of non-ortho nitro benzene ring substituents is 1. The van der Waals surface area contributed by atoms with Crippen LogP contribution in [0.2, 0.25) is 0 Å². The number of rotatable bonds is 6. The minimum Gasteiger partial charge on any atom is -0.474 e. The van der Waals surface area contributed by atoms with Crippen molar-refractivity contribution >= 4 is 43.5 Å². The van der Waals surface area contributed by atoms with E-state index in [0.29, 0.717) is 5.33 Å². The maximum Gasteiger partial charge on any atom is 0.347 e. The predicted molar refractivity (Wildman–Crippen MR) is 75.6 cm³/mol. The first-order valence-corrected chi connectivity index (χ1v) is 7.26. The number of methoxy groups -OCH3 is 1. The van der Waals surface area contributed by atoms with Gasteiger partial charge in [0.1, 0.15) is 0 Å². The van der Waals surface area contributed by atoms with E-state index in [1.54, 1.807) is 0 Å². The van der Waals surface area contributed by atoms with Crippen molar-refractivity contribution in [2.24, 2.45) is 0 Å². The first kappa shape index (κ1) is 16.8. The fraction of sp³-hybridized carbons (Fsp3) is 0.364. The molecule has 0 aliphatic carbocycles. The molecule has 0 amide bonds. The Kier molecular flexibility index (Phi) is 6.34. The highest BCUT2D eigenvalue weighted by atomic mass is 79.9. The van der Waals surface area contributed by atoms with Crippen molar-refractivity contribution in [3.63, 3.8) is 0 Å². The second-order valence-corrected chi connectivity index (χ2v) is 5.25. The predicted octanol–water partition coefficient (Wildman–Crippen LogP) is 3.20. The second kappa shape index (κ2) is 7.53. The quantitative estimate of drug-likeness (QED) is 0.309. The number of carbonyl (C=O) groups is 1. The summed E-state index contributed by atoms with van der Waals surface area (Å²) in [6.07, 6.45) is -0.748. The van der Waals surface area contributed by atoms with Crippen LogP contribution < -0.4 is 4.74 Å². The van der Waals surface area contributed by atoms with E-state index in [2.05, 4.69) is 36.6 Å². The average molecular weight is 415 g/mol. The summed E-state index contributed by atoms with van der Waals surface area (Å²) in [7, 11) is 1.19. The van der Waals surface area contributed by atoms with Crippen molar-refractivity contribution in [1.29, 1.82) is 0 Å². The summed E-state index contributed by atoms with van der Waals surface area (Å²) in [6, 6.07) is 1.82. The molecular weight excluding hydrogens is 405 g/mol. The molecule has 0 heterocycles. The van der Waals surface area contributed by atoms with Gasteiger partial charge in [0, 0.05) is 17.8 Å². The van der Waals surface area contributed by atoms with E-state index in [-0.39, 0.29) is 16.6 Å². The summed E-state index contributed by atoms with van der Waals surface area (Å²) in [5.74, 6) is -1.87. The fourth-order valence-electron chi connectivity index (χ4n) is 1.36. The average Bonchev–Trinajstić information content (AvgIpc) is 2.40. The molecule has 0 aliphatic heterocycles. The summed E-state index contributed by atoms with van der Waals surface area (Å²) in [6.45, 7) is 0. The third kappa shape index (κ3) is 4.14. The Morgan fingerprint density at radius 1 is 1.55 bits per heavy atom. The van der Waals surface area contributed by atoms with E-state index in [1.165, 1.54) is 7.11 Å². The fourth-order valence-corrected chi connectivity index (χ4v) is 2.30. The van der Waals surface area contributed by atoms with Crippen LogP contribution in [0.4, 0.5) is 10.1 Å². The van der Waals surface area contributed by atoms with Gasteiger partial charge in [0.15, 0.2) is 17.7 Å². The lowest BCUT2D eigenvalue weighted by Gasteiger charge is -2.17. The Bertz CT molecular complexity index is 503. The number of nitro benzene ring substituents is 1. The van der Waals surface area contributed by atoms with Crippen molar-refractivity contribution < 1.29 is 23.6 Å². The lowest BCUT2D eigenvalue weighted by atomic mass is 10.2. The van der Waals surface area contributed by atoms with Gasteiger partial charge in [-0.15, -0.1) is 0 Å². The largest absolute Gasteiger partial charge is 0.474 e. The number of halogens is 3. The first-order chi connectivity index (χ1) is 9.40. The van der Waals surface area contributed by atoms with Gasteiger partial charge < -0.3 is 9.47 Å². The van der Waals surface area contributed by atoms with Gasteiger partial charge in [-0.3, -0.25) is 10.1 Å². The minimum atomic E-state index is -1.01. The molecule has 0 spiro atoms. The zero-order chi connectivity index (χ0) is 15.3. The summed E-state index contributed by atoms with van der Waals surface area (Å²) in [5, 5.41) is 11.0. The first-order valence-electron chi connectivity index (χ1n) is 5.34. The molecule has 0 fully saturated rings. The summed E-state index contributed by atoms with van der Waals surface area (Å²) < 4.78 is 23.7. The Balaban J connectivity index is 3.07. The third-order valence-corrected chi connectivity index (χ3v) is 3.34. The normalized spacial score (nSPS) is 11.8. The molecule has 0 N–H and O–H groups in total. The number of esters is 1. The number of nitrogens with zero attached hydrogens (tertiary/aromatic N) is 1. The number of nitro groups is 1. The van der Waals surface area contributed by atoms with Gasteiger partial charge in [-0.2, -0.15) is 0 Å². The molecule has 1 aromatic rings. The molecule has 1 unspecified atom stereocenters. The highest BCUT2D eigenvalue weighted by Crippen LogP contribution is 2.33. The molecule has 0 bridgehead atoms. The molecule has 0 radical (unpaired) electrons. The van der Waals surface area contributed by atoms with Crippen molar-refractivity contribution in [2.75, 3.05) is 12.4 Å². The van der Waals surface area contributed by atoms with E-state index >= 15 is 0 Å². The molecule has 20 heavy (non-hydrogen) atoms. The van der Waals surface area contributed by atoms with Gasteiger partial charge in [-0.25, -0.2) is 9.18 Å². The van der Waals surface area contributed by atoms with E-state index in [0.717, 1.165) is 12.1 Å². The monoisotopic (exact) mass is 413 g/mol. The molecule has 1 aromatic carbocycles. The molecule has 6 nitrogen and oxygen atoms in total. The van der Waals surface area contributed by atoms with E-state index in [9.17, 15) is 19.3 Å². The molecule has 0 saturated heterocycles. The zero-order valence-corrected chi connectivity index (χ0v) is 13.4. The molecule has 0 saturated carbocycles. The minimum absolute atomic E-state index is 0.0488. The van der Waals surface area contributed by atoms with Gasteiger partial charge in [0.25, 0.3) is 5.69 Å². The smallest absolute Gasteiger partial charge is 0.347 e. The lowest BCUT2D eigenvalue weighted by Crippen LogP contribution is -2.29. The lowest BCUT2D eigenvalue weighted by molar-refractivity contribution is -0.385. The zero-order valence-electron chi connectivity index (χ0n) is 10.3. The number of ether oxygens (including phenoxy) is 2. The van der Waals surface area contributed by atoms with Gasteiger partial charge in [0.05, 0.1) is 22.6 Å². The molecule has 110 valence electrons. The van der Waals surface area contributed by atoms with E-state index in [4.69, 9.17) is 4.74 Å². The maximum absolute atomic E-state index is 13.8. The number of alkyl halides is 1. The highest BCUT2D eigenvalue weighted by molar-refractivity contribution is 9.10. The van der Waals surface area contributed by atoms with Crippen LogP contribution in [0, 0.1) is 15.9 Å². The van der Waals surface area contributed by atoms with Gasteiger partial charge in [-0.05, 0) is 15.9 Å². The van der Waals surface area contributed by atoms with Crippen molar-refractivity contribution in [2.45, 2.75) is 12.5 Å². The third-order valence-electron chi connectivity index (χ3n) is 2.29. The van der Waals surface area contributed by atoms with Crippen LogP contribution in [0.3, 0.4) is 0 Å². The van der Waals surface area contributed by atoms with Crippen LogP contribution in [0.15, 0.2) is 16.6 Å². The van der Waals surface area contributed by atoms with Crippen molar-refractivity contribution in [3.05, 3.63) is 32.5 Å². The summed E-state index contributed by atoms with van der Waals surface area (Å²) in [4.78, 5) is 21.4. The Morgan fingerprint density at radius 3 is 2.65 bits per heavy atom. The topological polar surface area (TPSA) is 78.7 Å². The summed E-state index contributed by atoms with van der Waals surface area (Å²) >= 11 is 6.13. The van der Waals surface area contributed by atoms with Crippen LogP contribution in [0.5, 0.6) is 5.75 Å². The Labute approximate surface area is 130 Å². The number of hydrogen-bond donors (Lipinski definition) is 0. The Hall–Kier alpha value is -1.22. The Morgan fingerprint density at radius 2 is 2.20 bits per heavy atom. The van der Waals surface area contributed by atoms with Crippen molar-refractivity contribution in [3.8, 4) is 5.75 Å². The number of benzene rings is 1. The van der Waals surface area contributed by atoms with Crippen LogP contribution in [0.1, 0.15) is 6.42 Å². The van der Waals surface area contributed by atoms with Crippen LogP contribution in [-0.2, 0) is 9.53 Å². The number of hydrogen-bond acceptors (Lipinski definition) is 5. The molecular formula is C11H10Br2FNO5. The molecule has 0 aliphatic rings. The standard InChI is InChI=1S/C11H10Br2FNO5/c1-19-11(16)9(2-3-12)20-10-7(13)4-6(15(17)18)5-8(10)14/h4-5,9H,2-3H2,1H3. The molecule has 9 heteroatoms. The van der Waals surface area contributed by atoms with Crippen LogP contribution in [0.25, 0.3) is 0 Å². The molecule has 1 rings (SSSR count). The van der Waals surface area contributed by atoms with Crippen LogP contribution >= 0.6 is 31.9 Å². The van der Waals surface area contributed by atoms with Crippen molar-refractivity contribution in [1.82, 2.24) is 0 Å². The van der Waals surface area contributed by atoms with Crippen LogP contribution in [-0.4, -0.2) is 29.4 Å². The SMILES string of the molecule is COC(=O)C(CCBr)Oc1c(F)cc([N+](=O)[O-])cc1Br. The molecule has 0 aromatic heterocycles. The van der Waals surface area contributed by atoms with Gasteiger partial charge in [0.2, 0.25) is 0 Å². The maximum atomic E-state index is 13.8. The van der Waals surface area contributed by atoms with Gasteiger partial charge >= 0.3 is 5.97 Å².